The number of carbonyl (C=O) groups excluding carboxylic acids is 1. The molecule has 5 nitrogen and oxygen atoms in total. The summed E-state index contributed by atoms with van der Waals surface area (Å²) < 4.78 is 24.9. The van der Waals surface area contributed by atoms with Crippen LogP contribution < -0.4 is 5.32 Å². The molecule has 1 amide bonds. The van der Waals surface area contributed by atoms with Crippen molar-refractivity contribution < 1.29 is 13.2 Å². The molecule has 0 aliphatic rings. The Morgan fingerprint density at radius 2 is 1.71 bits per heavy atom. The fraction of sp³-hybridized carbons (Fsp3) is 0.533. The van der Waals surface area contributed by atoms with Crippen LogP contribution in [0.3, 0.4) is 0 Å². The van der Waals surface area contributed by atoms with Crippen molar-refractivity contribution in [3.05, 3.63) is 35.4 Å². The van der Waals surface area contributed by atoms with Crippen LogP contribution in [0, 0.1) is 6.92 Å². The van der Waals surface area contributed by atoms with Gasteiger partial charge in [-0.2, -0.15) is 4.31 Å². The van der Waals surface area contributed by atoms with Gasteiger partial charge in [-0.05, 0) is 33.3 Å². The smallest absolute Gasteiger partial charge is 0.235 e. The molecule has 0 radical (unpaired) electrons. The van der Waals surface area contributed by atoms with Gasteiger partial charge in [-0.25, -0.2) is 8.42 Å². The van der Waals surface area contributed by atoms with Crippen molar-refractivity contribution in [1.29, 1.82) is 0 Å². The Labute approximate surface area is 127 Å². The van der Waals surface area contributed by atoms with Crippen LogP contribution in [0.2, 0.25) is 0 Å². The summed E-state index contributed by atoms with van der Waals surface area (Å²) >= 11 is 0. The topological polar surface area (TPSA) is 66.5 Å². The van der Waals surface area contributed by atoms with Crippen LogP contribution in [-0.2, 0) is 21.4 Å². The number of carbonyl (C=O) groups is 1. The summed E-state index contributed by atoms with van der Waals surface area (Å²) in [5, 5.41) is 2.77. The van der Waals surface area contributed by atoms with Crippen molar-refractivity contribution in [2.75, 3.05) is 12.8 Å². The Bertz CT molecular complexity index is 586. The van der Waals surface area contributed by atoms with Crippen molar-refractivity contribution in [3.8, 4) is 0 Å². The number of aryl methyl sites for hydroxylation is 1. The first kappa shape index (κ1) is 17.7. The van der Waals surface area contributed by atoms with Crippen molar-refractivity contribution >= 4 is 15.9 Å². The maximum Gasteiger partial charge on any atom is 0.235 e. The average molecular weight is 312 g/mol. The molecule has 118 valence electrons. The molecule has 21 heavy (non-hydrogen) atoms. The lowest BCUT2D eigenvalue weighted by atomic mass is 10.1. The van der Waals surface area contributed by atoms with E-state index in [1.54, 1.807) is 0 Å². The van der Waals surface area contributed by atoms with Crippen molar-refractivity contribution in [1.82, 2.24) is 9.62 Å². The number of nitrogens with zero attached hydrogens (tertiary/aromatic N) is 1. The van der Waals surface area contributed by atoms with Gasteiger partial charge in [0.1, 0.15) is 0 Å². The maximum atomic E-state index is 11.9. The molecule has 1 aromatic rings. The molecule has 6 heteroatoms. The van der Waals surface area contributed by atoms with Gasteiger partial charge < -0.3 is 5.32 Å². The quantitative estimate of drug-likeness (QED) is 0.899. The van der Waals surface area contributed by atoms with E-state index in [9.17, 15) is 13.2 Å². The minimum absolute atomic E-state index is 0.177. The zero-order chi connectivity index (χ0) is 16.3. The third-order valence-electron chi connectivity index (χ3n) is 2.78. The summed E-state index contributed by atoms with van der Waals surface area (Å²) in [6, 6.07) is 7.58. The van der Waals surface area contributed by atoms with Crippen molar-refractivity contribution in [3.63, 3.8) is 0 Å². The van der Waals surface area contributed by atoms with E-state index in [1.807, 2.05) is 52.0 Å². The second-order valence-corrected chi connectivity index (χ2v) is 8.30. The highest BCUT2D eigenvalue weighted by atomic mass is 32.2. The van der Waals surface area contributed by atoms with Crippen LogP contribution in [0.1, 0.15) is 31.9 Å². The lowest BCUT2D eigenvalue weighted by Crippen LogP contribution is -2.46. The average Bonchev–Trinajstić information content (AvgIpc) is 2.27. The van der Waals surface area contributed by atoms with E-state index in [1.165, 1.54) is 4.31 Å². The first-order valence-corrected chi connectivity index (χ1v) is 8.64. The predicted octanol–water partition coefficient (Wildman–Crippen LogP) is 1.67. The highest BCUT2D eigenvalue weighted by Gasteiger charge is 2.22. The van der Waals surface area contributed by atoms with Crippen LogP contribution in [0.25, 0.3) is 0 Å². The molecule has 0 unspecified atom stereocenters. The summed E-state index contributed by atoms with van der Waals surface area (Å²) in [6.45, 7) is 7.55. The predicted molar refractivity (Wildman–Crippen MR) is 84.3 cm³/mol. The standard InChI is InChI=1S/C15H24N2O3S/c1-12-6-8-13(9-7-12)10-17(21(5,19)20)11-14(18)16-15(2,3)4/h6-9H,10-11H2,1-5H3,(H,16,18). The highest BCUT2D eigenvalue weighted by molar-refractivity contribution is 7.88. The van der Waals surface area contributed by atoms with Crippen molar-refractivity contribution in [2.45, 2.75) is 39.8 Å². The van der Waals surface area contributed by atoms with E-state index in [2.05, 4.69) is 5.32 Å². The van der Waals surface area contributed by atoms with E-state index in [-0.39, 0.29) is 24.5 Å². The van der Waals surface area contributed by atoms with E-state index in [4.69, 9.17) is 0 Å². The molecule has 0 spiro atoms. The van der Waals surface area contributed by atoms with Crippen LogP contribution >= 0.6 is 0 Å². The van der Waals surface area contributed by atoms with Crippen LogP contribution in [0.5, 0.6) is 0 Å². The largest absolute Gasteiger partial charge is 0.350 e. The number of benzene rings is 1. The minimum atomic E-state index is -3.45. The molecule has 0 atom stereocenters. The van der Waals surface area contributed by atoms with Gasteiger partial charge in [0.2, 0.25) is 15.9 Å². The molecule has 0 bridgehead atoms. The lowest BCUT2D eigenvalue weighted by molar-refractivity contribution is -0.122. The van der Waals surface area contributed by atoms with Gasteiger partial charge >= 0.3 is 0 Å². The number of nitrogens with one attached hydrogen (secondary N) is 1. The summed E-state index contributed by atoms with van der Waals surface area (Å²) in [5.74, 6) is -0.306. The van der Waals surface area contributed by atoms with E-state index in [0.29, 0.717) is 0 Å². The van der Waals surface area contributed by atoms with E-state index in [0.717, 1.165) is 17.4 Å². The molecule has 0 aliphatic carbocycles. The Morgan fingerprint density at radius 1 is 1.19 bits per heavy atom. The molecule has 0 aliphatic heterocycles. The Balaban J connectivity index is 2.83. The molecule has 0 fully saturated rings. The van der Waals surface area contributed by atoms with Crippen molar-refractivity contribution in [2.24, 2.45) is 0 Å². The first-order valence-electron chi connectivity index (χ1n) is 6.79. The van der Waals surface area contributed by atoms with E-state index >= 15 is 0 Å². The molecule has 0 saturated heterocycles. The summed E-state index contributed by atoms with van der Waals surface area (Å²) in [4.78, 5) is 11.9. The number of rotatable bonds is 5. The van der Waals surface area contributed by atoms with Crippen LogP contribution in [0.4, 0.5) is 0 Å². The first-order chi connectivity index (χ1) is 9.47. The van der Waals surface area contributed by atoms with Gasteiger partial charge in [0.15, 0.2) is 0 Å². The van der Waals surface area contributed by atoms with Crippen LogP contribution in [-0.4, -0.2) is 37.0 Å². The Hall–Kier alpha value is -1.40. The highest BCUT2D eigenvalue weighted by Crippen LogP contribution is 2.10. The van der Waals surface area contributed by atoms with Gasteiger partial charge in [-0.15, -0.1) is 0 Å². The second-order valence-electron chi connectivity index (χ2n) is 6.31. The summed E-state index contributed by atoms with van der Waals surface area (Å²) in [6.07, 6.45) is 1.12. The third kappa shape index (κ3) is 6.73. The maximum absolute atomic E-state index is 11.9. The van der Waals surface area contributed by atoms with Gasteiger partial charge in [0.25, 0.3) is 0 Å². The molecule has 1 rings (SSSR count). The molecule has 1 aromatic carbocycles. The van der Waals surface area contributed by atoms with Gasteiger partial charge in [-0.1, -0.05) is 29.8 Å². The molecule has 0 saturated carbocycles. The van der Waals surface area contributed by atoms with Crippen LogP contribution in [0.15, 0.2) is 24.3 Å². The molecule has 0 aromatic heterocycles. The summed E-state index contributed by atoms with van der Waals surface area (Å²) in [7, 11) is -3.45. The summed E-state index contributed by atoms with van der Waals surface area (Å²) in [5.41, 5.74) is 1.58. The Morgan fingerprint density at radius 3 is 2.14 bits per heavy atom. The molecular weight excluding hydrogens is 288 g/mol. The Kier molecular flexibility index (Phi) is 5.53. The SMILES string of the molecule is Cc1ccc(CN(CC(=O)NC(C)(C)C)S(C)(=O)=O)cc1. The number of hydrogen-bond acceptors (Lipinski definition) is 3. The zero-order valence-electron chi connectivity index (χ0n) is 13.3. The van der Waals surface area contributed by atoms with Gasteiger partial charge in [0, 0.05) is 12.1 Å². The van der Waals surface area contributed by atoms with E-state index < -0.39 is 10.0 Å². The fourth-order valence-corrected chi connectivity index (χ4v) is 2.54. The normalized spacial score (nSPS) is 12.5. The monoisotopic (exact) mass is 312 g/mol. The molecule has 1 N–H and O–H groups in total. The van der Waals surface area contributed by atoms with Gasteiger partial charge in [0.05, 0.1) is 12.8 Å². The molecule has 0 heterocycles. The molecular formula is C15H24N2O3S. The fourth-order valence-electron chi connectivity index (χ4n) is 1.81. The lowest BCUT2D eigenvalue weighted by Gasteiger charge is -2.24. The second kappa shape index (κ2) is 6.58. The zero-order valence-corrected chi connectivity index (χ0v) is 14.1. The number of amides is 1. The number of sulfonamides is 1. The number of hydrogen-bond donors (Lipinski definition) is 1. The minimum Gasteiger partial charge on any atom is -0.350 e. The third-order valence-corrected chi connectivity index (χ3v) is 3.98. The van der Waals surface area contributed by atoms with Gasteiger partial charge in [-0.3, -0.25) is 4.79 Å².